The number of sulfonamides is 1. The van der Waals surface area contributed by atoms with Crippen LogP contribution >= 0.6 is 0 Å². The summed E-state index contributed by atoms with van der Waals surface area (Å²) in [5.41, 5.74) is 1.64. The molecule has 7 nitrogen and oxygen atoms in total. The van der Waals surface area contributed by atoms with E-state index in [1.54, 1.807) is 60.7 Å². The fraction of sp³-hybridized carbons (Fsp3) is 0.174. The summed E-state index contributed by atoms with van der Waals surface area (Å²) < 4.78 is 38.6. The maximum atomic E-state index is 13.5. The van der Waals surface area contributed by atoms with Gasteiger partial charge in [0.15, 0.2) is 0 Å². The lowest BCUT2D eigenvalue weighted by Gasteiger charge is -2.25. The minimum atomic E-state index is -4.05. The number of rotatable bonds is 8. The number of hydrogen-bond donors (Lipinski definition) is 1. The van der Waals surface area contributed by atoms with Gasteiger partial charge in [0.05, 0.1) is 30.5 Å². The van der Waals surface area contributed by atoms with Gasteiger partial charge in [-0.2, -0.15) is 0 Å². The minimum Gasteiger partial charge on any atom is -0.495 e. The Morgan fingerprint density at radius 2 is 1.45 bits per heavy atom. The third kappa shape index (κ3) is 4.97. The van der Waals surface area contributed by atoms with Gasteiger partial charge in [-0.1, -0.05) is 42.0 Å². The number of carbonyl (C=O) groups is 1. The summed E-state index contributed by atoms with van der Waals surface area (Å²) in [6, 6.07) is 20.0. The van der Waals surface area contributed by atoms with E-state index < -0.39 is 22.5 Å². The number of amides is 1. The van der Waals surface area contributed by atoms with Crippen LogP contribution in [-0.4, -0.2) is 35.1 Å². The normalized spacial score (nSPS) is 10.9. The lowest BCUT2D eigenvalue weighted by Crippen LogP contribution is -2.38. The Hall–Kier alpha value is -3.52. The van der Waals surface area contributed by atoms with Crippen molar-refractivity contribution in [2.24, 2.45) is 0 Å². The zero-order valence-corrected chi connectivity index (χ0v) is 18.3. The largest absolute Gasteiger partial charge is 0.495 e. The molecule has 0 unspecified atom stereocenters. The van der Waals surface area contributed by atoms with Crippen molar-refractivity contribution >= 4 is 27.3 Å². The molecule has 0 heterocycles. The number of aryl methyl sites for hydroxylation is 1. The second-order valence-electron chi connectivity index (χ2n) is 6.75. The fourth-order valence-electron chi connectivity index (χ4n) is 3.04. The summed E-state index contributed by atoms with van der Waals surface area (Å²) in [6.45, 7) is 1.42. The number of ether oxygens (including phenoxy) is 2. The molecule has 0 radical (unpaired) electrons. The molecule has 0 aliphatic carbocycles. The van der Waals surface area contributed by atoms with Crippen molar-refractivity contribution < 1.29 is 22.7 Å². The zero-order chi connectivity index (χ0) is 22.4. The molecule has 162 valence electrons. The number of nitrogens with zero attached hydrogens (tertiary/aromatic N) is 1. The molecule has 0 atom stereocenters. The monoisotopic (exact) mass is 440 g/mol. The predicted molar refractivity (Wildman–Crippen MR) is 120 cm³/mol. The number of para-hydroxylation sites is 4. The number of hydrogen-bond acceptors (Lipinski definition) is 5. The van der Waals surface area contributed by atoms with Crippen LogP contribution in [0, 0.1) is 6.92 Å². The summed E-state index contributed by atoms with van der Waals surface area (Å²) in [7, 11) is -1.10. The van der Waals surface area contributed by atoms with E-state index in [4.69, 9.17) is 9.47 Å². The Bertz CT molecular complexity index is 1160. The summed E-state index contributed by atoms with van der Waals surface area (Å²) in [6.07, 6.45) is 0. The highest BCUT2D eigenvalue weighted by Crippen LogP contribution is 2.32. The van der Waals surface area contributed by atoms with Crippen molar-refractivity contribution in [2.75, 3.05) is 30.4 Å². The van der Waals surface area contributed by atoms with E-state index in [1.165, 1.54) is 26.4 Å². The van der Waals surface area contributed by atoms with Crippen molar-refractivity contribution in [3.05, 3.63) is 78.4 Å². The first-order valence-corrected chi connectivity index (χ1v) is 11.0. The van der Waals surface area contributed by atoms with Gasteiger partial charge >= 0.3 is 0 Å². The van der Waals surface area contributed by atoms with Crippen molar-refractivity contribution in [1.29, 1.82) is 0 Å². The van der Waals surface area contributed by atoms with E-state index in [9.17, 15) is 13.2 Å². The van der Waals surface area contributed by atoms with Crippen LogP contribution < -0.4 is 19.1 Å². The van der Waals surface area contributed by atoms with Gasteiger partial charge in [-0.3, -0.25) is 9.10 Å². The molecule has 0 bridgehead atoms. The van der Waals surface area contributed by atoms with Crippen molar-refractivity contribution in [3.8, 4) is 11.5 Å². The summed E-state index contributed by atoms with van der Waals surface area (Å²) in [5, 5.41) is 2.72. The van der Waals surface area contributed by atoms with Gasteiger partial charge in [0.1, 0.15) is 18.0 Å². The molecule has 31 heavy (non-hydrogen) atoms. The van der Waals surface area contributed by atoms with E-state index in [1.807, 2.05) is 6.92 Å². The average Bonchev–Trinajstić information content (AvgIpc) is 2.78. The molecular weight excluding hydrogens is 416 g/mol. The lowest BCUT2D eigenvalue weighted by molar-refractivity contribution is -0.114. The highest BCUT2D eigenvalue weighted by molar-refractivity contribution is 7.92. The molecule has 3 rings (SSSR count). The maximum Gasteiger partial charge on any atom is 0.264 e. The number of nitrogens with one attached hydrogen (secondary N) is 1. The van der Waals surface area contributed by atoms with Crippen LogP contribution in [0.4, 0.5) is 11.4 Å². The predicted octanol–water partition coefficient (Wildman–Crippen LogP) is 3.85. The topological polar surface area (TPSA) is 84.9 Å². The highest BCUT2D eigenvalue weighted by atomic mass is 32.2. The smallest absolute Gasteiger partial charge is 0.264 e. The first kappa shape index (κ1) is 22.2. The molecule has 3 aromatic rings. The molecule has 1 amide bonds. The van der Waals surface area contributed by atoms with Gasteiger partial charge in [-0.25, -0.2) is 8.42 Å². The SMILES string of the molecule is COc1ccccc1NC(=O)CN(c1ccccc1OC)S(=O)(=O)c1ccc(C)cc1. The zero-order valence-electron chi connectivity index (χ0n) is 17.5. The van der Waals surface area contributed by atoms with Crippen molar-refractivity contribution in [2.45, 2.75) is 11.8 Å². The van der Waals surface area contributed by atoms with E-state index in [-0.39, 0.29) is 10.6 Å². The first-order valence-electron chi connectivity index (χ1n) is 9.52. The third-order valence-electron chi connectivity index (χ3n) is 4.63. The van der Waals surface area contributed by atoms with E-state index >= 15 is 0 Å². The minimum absolute atomic E-state index is 0.0779. The quantitative estimate of drug-likeness (QED) is 0.575. The van der Waals surface area contributed by atoms with Gasteiger partial charge in [-0.05, 0) is 43.3 Å². The van der Waals surface area contributed by atoms with Crippen LogP contribution in [0.3, 0.4) is 0 Å². The summed E-state index contributed by atoms with van der Waals surface area (Å²) >= 11 is 0. The van der Waals surface area contributed by atoms with Gasteiger partial charge in [0, 0.05) is 0 Å². The molecule has 1 N–H and O–H groups in total. The molecule has 8 heteroatoms. The second-order valence-corrected chi connectivity index (χ2v) is 8.61. The Morgan fingerprint density at radius 1 is 0.871 bits per heavy atom. The Labute approximate surface area is 182 Å². The molecular formula is C23H24N2O5S. The van der Waals surface area contributed by atoms with Crippen LogP contribution in [-0.2, 0) is 14.8 Å². The number of anilines is 2. The molecule has 0 spiro atoms. The molecule has 0 aromatic heterocycles. The summed E-state index contributed by atoms with van der Waals surface area (Å²) in [5.74, 6) is 0.287. The van der Waals surface area contributed by atoms with Gasteiger partial charge in [0.25, 0.3) is 10.0 Å². The molecule has 0 saturated carbocycles. The molecule has 0 saturated heterocycles. The summed E-state index contributed by atoms with van der Waals surface area (Å²) in [4.78, 5) is 13.0. The van der Waals surface area contributed by atoms with Gasteiger partial charge in [-0.15, -0.1) is 0 Å². The van der Waals surface area contributed by atoms with Crippen LogP contribution in [0.5, 0.6) is 11.5 Å². The van der Waals surface area contributed by atoms with E-state index in [0.29, 0.717) is 17.2 Å². The average molecular weight is 441 g/mol. The number of benzene rings is 3. The standard InChI is InChI=1S/C23H24N2O5S/c1-17-12-14-18(15-13-17)31(27,28)25(20-9-5-7-11-22(20)30-3)16-23(26)24-19-8-4-6-10-21(19)29-2/h4-15H,16H2,1-3H3,(H,24,26). The fourth-order valence-corrected chi connectivity index (χ4v) is 4.47. The Kier molecular flexibility index (Phi) is 6.81. The van der Waals surface area contributed by atoms with Crippen LogP contribution in [0.1, 0.15) is 5.56 Å². The number of methoxy groups -OCH3 is 2. The molecule has 0 aliphatic rings. The molecule has 0 fully saturated rings. The molecule has 0 aliphatic heterocycles. The van der Waals surface area contributed by atoms with Gasteiger partial charge < -0.3 is 14.8 Å². The first-order chi connectivity index (χ1) is 14.9. The van der Waals surface area contributed by atoms with E-state index in [0.717, 1.165) is 9.87 Å². The maximum absolute atomic E-state index is 13.5. The van der Waals surface area contributed by atoms with E-state index in [2.05, 4.69) is 5.32 Å². The Balaban J connectivity index is 2.00. The Morgan fingerprint density at radius 3 is 2.10 bits per heavy atom. The van der Waals surface area contributed by atoms with Crippen LogP contribution in [0.25, 0.3) is 0 Å². The third-order valence-corrected chi connectivity index (χ3v) is 6.41. The van der Waals surface area contributed by atoms with Crippen molar-refractivity contribution in [1.82, 2.24) is 0 Å². The van der Waals surface area contributed by atoms with Gasteiger partial charge in [0.2, 0.25) is 5.91 Å². The lowest BCUT2D eigenvalue weighted by atomic mass is 10.2. The van der Waals surface area contributed by atoms with Crippen LogP contribution in [0.2, 0.25) is 0 Å². The molecule has 3 aromatic carbocycles. The number of carbonyl (C=O) groups excluding carboxylic acids is 1. The van der Waals surface area contributed by atoms with Crippen LogP contribution in [0.15, 0.2) is 77.7 Å². The highest BCUT2D eigenvalue weighted by Gasteiger charge is 2.29. The van der Waals surface area contributed by atoms with Crippen molar-refractivity contribution in [3.63, 3.8) is 0 Å². The second kappa shape index (κ2) is 9.53.